The standard InChI is InChI=1S/C13H15Br2N3/c1-13(2,3)11-10(15)12(16)18(17-11)9-6-4-5-8(14)7-9/h4-7H,16H2,1-3H3. The third-order valence-corrected chi connectivity index (χ3v) is 3.90. The van der Waals surface area contributed by atoms with Crippen molar-refractivity contribution in [3.63, 3.8) is 0 Å². The molecule has 0 bridgehead atoms. The first-order valence-electron chi connectivity index (χ1n) is 5.61. The van der Waals surface area contributed by atoms with Crippen LogP contribution in [0.4, 0.5) is 5.82 Å². The van der Waals surface area contributed by atoms with Crippen molar-refractivity contribution in [2.75, 3.05) is 5.73 Å². The van der Waals surface area contributed by atoms with E-state index >= 15 is 0 Å². The van der Waals surface area contributed by atoms with Crippen molar-refractivity contribution >= 4 is 37.7 Å². The molecular weight excluding hydrogens is 358 g/mol. The second-order valence-corrected chi connectivity index (χ2v) is 6.90. The molecule has 96 valence electrons. The van der Waals surface area contributed by atoms with Gasteiger partial charge >= 0.3 is 0 Å². The summed E-state index contributed by atoms with van der Waals surface area (Å²) in [7, 11) is 0. The van der Waals surface area contributed by atoms with Gasteiger partial charge in [-0.3, -0.25) is 0 Å². The van der Waals surface area contributed by atoms with Crippen LogP contribution in [-0.4, -0.2) is 9.78 Å². The van der Waals surface area contributed by atoms with Gasteiger partial charge in [-0.25, -0.2) is 4.68 Å². The molecular formula is C13H15Br2N3. The van der Waals surface area contributed by atoms with Crippen molar-refractivity contribution in [1.29, 1.82) is 0 Å². The van der Waals surface area contributed by atoms with Crippen LogP contribution in [0.3, 0.4) is 0 Å². The zero-order valence-electron chi connectivity index (χ0n) is 10.5. The molecule has 3 nitrogen and oxygen atoms in total. The molecule has 1 heterocycles. The Balaban J connectivity index is 2.60. The number of benzene rings is 1. The molecule has 0 radical (unpaired) electrons. The molecule has 0 spiro atoms. The molecule has 1 aromatic heterocycles. The Labute approximate surface area is 124 Å². The van der Waals surface area contributed by atoms with Gasteiger partial charge in [0.15, 0.2) is 0 Å². The highest BCUT2D eigenvalue weighted by atomic mass is 79.9. The smallest absolute Gasteiger partial charge is 0.141 e. The van der Waals surface area contributed by atoms with Crippen LogP contribution in [0.25, 0.3) is 5.69 Å². The van der Waals surface area contributed by atoms with E-state index in [9.17, 15) is 0 Å². The maximum Gasteiger partial charge on any atom is 0.141 e. The van der Waals surface area contributed by atoms with Gasteiger partial charge in [0, 0.05) is 9.89 Å². The minimum Gasteiger partial charge on any atom is -0.383 e. The molecule has 0 aliphatic carbocycles. The maximum absolute atomic E-state index is 6.12. The Morgan fingerprint density at radius 3 is 2.39 bits per heavy atom. The molecule has 0 aliphatic heterocycles. The fourth-order valence-corrected chi connectivity index (χ4v) is 2.93. The van der Waals surface area contributed by atoms with Gasteiger partial charge in [0.2, 0.25) is 0 Å². The third-order valence-electron chi connectivity index (χ3n) is 2.62. The van der Waals surface area contributed by atoms with Gasteiger partial charge in [0.05, 0.1) is 15.9 Å². The van der Waals surface area contributed by atoms with Crippen molar-refractivity contribution in [1.82, 2.24) is 9.78 Å². The number of rotatable bonds is 1. The number of halogens is 2. The molecule has 0 aliphatic rings. The lowest BCUT2D eigenvalue weighted by Gasteiger charge is -2.15. The summed E-state index contributed by atoms with van der Waals surface area (Å²) in [5.41, 5.74) is 7.97. The largest absolute Gasteiger partial charge is 0.383 e. The number of nitrogens with zero attached hydrogens (tertiary/aromatic N) is 2. The Morgan fingerprint density at radius 2 is 1.89 bits per heavy atom. The zero-order chi connectivity index (χ0) is 13.5. The zero-order valence-corrected chi connectivity index (χ0v) is 13.7. The number of anilines is 1. The maximum atomic E-state index is 6.12. The number of nitrogen functional groups attached to an aromatic ring is 1. The van der Waals surface area contributed by atoms with Gasteiger partial charge in [0.1, 0.15) is 5.82 Å². The molecule has 0 atom stereocenters. The van der Waals surface area contributed by atoms with Crippen LogP contribution in [-0.2, 0) is 5.41 Å². The quantitative estimate of drug-likeness (QED) is 0.811. The molecule has 0 saturated carbocycles. The van der Waals surface area contributed by atoms with Crippen LogP contribution in [0.2, 0.25) is 0 Å². The van der Waals surface area contributed by atoms with E-state index in [2.05, 4.69) is 57.7 Å². The lowest BCUT2D eigenvalue weighted by molar-refractivity contribution is 0.558. The Hall–Kier alpha value is -0.810. The fourth-order valence-electron chi connectivity index (χ4n) is 1.70. The lowest BCUT2D eigenvalue weighted by atomic mass is 9.92. The first-order valence-corrected chi connectivity index (χ1v) is 7.19. The summed E-state index contributed by atoms with van der Waals surface area (Å²) in [4.78, 5) is 0. The van der Waals surface area contributed by atoms with Gasteiger partial charge in [-0.1, -0.05) is 42.8 Å². The summed E-state index contributed by atoms with van der Waals surface area (Å²) >= 11 is 6.99. The average Bonchev–Trinajstić information content (AvgIpc) is 2.55. The molecule has 2 N–H and O–H groups in total. The van der Waals surface area contributed by atoms with E-state index in [0.29, 0.717) is 5.82 Å². The van der Waals surface area contributed by atoms with Crippen LogP contribution in [0.5, 0.6) is 0 Å². The molecule has 5 heteroatoms. The number of aromatic nitrogens is 2. The Morgan fingerprint density at radius 1 is 1.22 bits per heavy atom. The number of hydrogen-bond acceptors (Lipinski definition) is 2. The topological polar surface area (TPSA) is 43.8 Å². The van der Waals surface area contributed by atoms with Crippen molar-refractivity contribution in [3.05, 3.63) is 38.9 Å². The number of hydrogen-bond donors (Lipinski definition) is 1. The molecule has 2 rings (SSSR count). The SMILES string of the molecule is CC(C)(C)c1nn(-c2cccc(Br)c2)c(N)c1Br. The third kappa shape index (κ3) is 2.47. The first kappa shape index (κ1) is 13.6. The van der Waals surface area contributed by atoms with Gasteiger partial charge in [0.25, 0.3) is 0 Å². The van der Waals surface area contributed by atoms with Gasteiger partial charge in [-0.15, -0.1) is 0 Å². The summed E-state index contributed by atoms with van der Waals surface area (Å²) in [6, 6.07) is 7.91. The summed E-state index contributed by atoms with van der Waals surface area (Å²) in [5, 5.41) is 4.62. The summed E-state index contributed by atoms with van der Waals surface area (Å²) in [5.74, 6) is 0.623. The monoisotopic (exact) mass is 371 g/mol. The molecule has 18 heavy (non-hydrogen) atoms. The average molecular weight is 373 g/mol. The lowest BCUT2D eigenvalue weighted by Crippen LogP contribution is -2.13. The second-order valence-electron chi connectivity index (χ2n) is 5.19. The molecule has 1 aromatic carbocycles. The summed E-state index contributed by atoms with van der Waals surface area (Å²) < 4.78 is 3.63. The first-order chi connectivity index (χ1) is 8.30. The molecule has 0 unspecified atom stereocenters. The van der Waals surface area contributed by atoms with Crippen LogP contribution in [0.1, 0.15) is 26.5 Å². The fraction of sp³-hybridized carbons (Fsp3) is 0.308. The molecule has 0 amide bonds. The second kappa shape index (κ2) is 4.70. The van der Waals surface area contributed by atoms with E-state index in [1.807, 2.05) is 24.3 Å². The van der Waals surface area contributed by atoms with Gasteiger partial charge in [-0.2, -0.15) is 5.10 Å². The van der Waals surface area contributed by atoms with E-state index < -0.39 is 0 Å². The van der Waals surface area contributed by atoms with E-state index in [1.54, 1.807) is 4.68 Å². The Bertz CT molecular complexity index is 582. The summed E-state index contributed by atoms with van der Waals surface area (Å²) in [6.45, 7) is 6.35. The van der Waals surface area contributed by atoms with E-state index in [0.717, 1.165) is 20.3 Å². The van der Waals surface area contributed by atoms with Gasteiger partial charge in [-0.05, 0) is 34.1 Å². The van der Waals surface area contributed by atoms with Gasteiger partial charge < -0.3 is 5.73 Å². The van der Waals surface area contributed by atoms with Crippen LogP contribution in [0.15, 0.2) is 33.2 Å². The predicted molar refractivity (Wildman–Crippen MR) is 82.1 cm³/mol. The van der Waals surface area contributed by atoms with Crippen molar-refractivity contribution < 1.29 is 0 Å². The van der Waals surface area contributed by atoms with Crippen molar-refractivity contribution in [2.24, 2.45) is 0 Å². The molecule has 2 aromatic rings. The highest BCUT2D eigenvalue weighted by Crippen LogP contribution is 2.34. The highest BCUT2D eigenvalue weighted by Gasteiger charge is 2.24. The number of nitrogens with two attached hydrogens (primary N) is 1. The molecule has 0 fully saturated rings. The minimum atomic E-state index is -0.0514. The van der Waals surface area contributed by atoms with E-state index in [-0.39, 0.29) is 5.41 Å². The predicted octanol–water partition coefficient (Wildman–Crippen LogP) is 4.28. The normalized spacial score (nSPS) is 11.8. The molecule has 0 saturated heterocycles. The van der Waals surface area contributed by atoms with Crippen molar-refractivity contribution in [2.45, 2.75) is 26.2 Å². The van der Waals surface area contributed by atoms with Crippen LogP contribution < -0.4 is 5.73 Å². The van der Waals surface area contributed by atoms with Crippen molar-refractivity contribution in [3.8, 4) is 5.69 Å². The van der Waals surface area contributed by atoms with E-state index in [4.69, 9.17) is 5.73 Å². The van der Waals surface area contributed by atoms with E-state index in [1.165, 1.54) is 0 Å². The van der Waals surface area contributed by atoms with Crippen LogP contribution in [0, 0.1) is 0 Å². The summed E-state index contributed by atoms with van der Waals surface area (Å²) in [6.07, 6.45) is 0. The minimum absolute atomic E-state index is 0.0514. The Kier molecular flexibility index (Phi) is 3.56. The van der Waals surface area contributed by atoms with Crippen LogP contribution >= 0.6 is 31.9 Å². The highest BCUT2D eigenvalue weighted by molar-refractivity contribution is 9.11.